The van der Waals surface area contributed by atoms with Gasteiger partial charge < -0.3 is 34.3 Å². The van der Waals surface area contributed by atoms with Crippen LogP contribution < -0.4 is 29.3 Å². The molecule has 6 rings (SSSR count). The SMILES string of the molecule is COc1ccc2nccc(N3C[C@H](NC[C@@H]4CN(c5ccc6c(c5)OCCO6)C(=O)O4)[C@@H](O)C3)c2n1. The van der Waals surface area contributed by atoms with Crippen molar-refractivity contribution in [3.63, 3.8) is 0 Å². The van der Waals surface area contributed by atoms with Crippen LogP contribution in [0.3, 0.4) is 0 Å². The Bertz CT molecular complexity index is 1290. The lowest BCUT2D eigenvalue weighted by molar-refractivity contribution is 0.126. The highest BCUT2D eigenvalue weighted by Gasteiger charge is 2.36. The van der Waals surface area contributed by atoms with Crippen LogP contribution in [0, 0.1) is 0 Å². The van der Waals surface area contributed by atoms with Gasteiger partial charge in [-0.2, -0.15) is 0 Å². The van der Waals surface area contributed by atoms with Gasteiger partial charge in [-0.3, -0.25) is 9.88 Å². The number of aliphatic hydroxyl groups is 1. The van der Waals surface area contributed by atoms with E-state index in [0.717, 1.165) is 16.7 Å². The monoisotopic (exact) mass is 493 g/mol. The van der Waals surface area contributed by atoms with Crippen LogP contribution in [0.5, 0.6) is 17.4 Å². The third-order valence-corrected chi connectivity index (χ3v) is 6.70. The lowest BCUT2D eigenvalue weighted by atomic mass is 10.2. The molecule has 0 aliphatic carbocycles. The molecule has 3 aliphatic heterocycles. The molecule has 0 bridgehead atoms. The number of aromatic nitrogens is 2. The Morgan fingerprint density at radius 3 is 2.83 bits per heavy atom. The van der Waals surface area contributed by atoms with E-state index in [0.29, 0.717) is 62.5 Å². The van der Waals surface area contributed by atoms with E-state index >= 15 is 0 Å². The summed E-state index contributed by atoms with van der Waals surface area (Å²) >= 11 is 0. The maximum Gasteiger partial charge on any atom is 0.414 e. The zero-order valence-electron chi connectivity index (χ0n) is 19.8. The number of cyclic esters (lactones) is 1. The maximum atomic E-state index is 12.6. The first-order valence-corrected chi connectivity index (χ1v) is 11.9. The van der Waals surface area contributed by atoms with Crippen molar-refractivity contribution in [1.82, 2.24) is 15.3 Å². The molecule has 2 N–H and O–H groups in total. The van der Waals surface area contributed by atoms with Crippen LogP contribution >= 0.6 is 0 Å². The van der Waals surface area contributed by atoms with Crippen LogP contribution in [0.2, 0.25) is 0 Å². The van der Waals surface area contributed by atoms with Crippen molar-refractivity contribution >= 4 is 28.5 Å². The van der Waals surface area contributed by atoms with Crippen molar-refractivity contribution in [3.05, 3.63) is 42.6 Å². The van der Waals surface area contributed by atoms with Crippen molar-refractivity contribution in [1.29, 1.82) is 0 Å². The Kier molecular flexibility index (Phi) is 5.86. The van der Waals surface area contributed by atoms with Gasteiger partial charge in [-0.05, 0) is 24.3 Å². The predicted molar refractivity (Wildman–Crippen MR) is 131 cm³/mol. The minimum atomic E-state index is -0.593. The molecule has 0 unspecified atom stereocenters. The van der Waals surface area contributed by atoms with Gasteiger partial charge in [0.25, 0.3) is 0 Å². The fourth-order valence-corrected chi connectivity index (χ4v) is 4.87. The predicted octanol–water partition coefficient (Wildman–Crippen LogP) is 1.57. The summed E-state index contributed by atoms with van der Waals surface area (Å²) in [6, 6.07) is 10.8. The molecule has 3 atom stereocenters. The highest BCUT2D eigenvalue weighted by Crippen LogP contribution is 2.35. The number of amides is 1. The maximum absolute atomic E-state index is 12.6. The van der Waals surface area contributed by atoms with E-state index in [2.05, 4.69) is 20.2 Å². The van der Waals surface area contributed by atoms with Crippen LogP contribution in [0.15, 0.2) is 42.6 Å². The lowest BCUT2D eigenvalue weighted by Gasteiger charge is -2.21. The Balaban J connectivity index is 1.10. The van der Waals surface area contributed by atoms with Crippen molar-refractivity contribution in [2.75, 3.05) is 56.3 Å². The minimum absolute atomic E-state index is 0.194. The Labute approximate surface area is 207 Å². The zero-order chi connectivity index (χ0) is 24.6. The number of hydrogen-bond acceptors (Lipinski definition) is 10. The molecule has 3 aliphatic rings. The fraction of sp³-hybridized carbons (Fsp3) is 0.400. The number of ether oxygens (including phenoxy) is 4. The molecule has 2 fully saturated rings. The molecule has 3 aromatic rings. The quantitative estimate of drug-likeness (QED) is 0.524. The summed E-state index contributed by atoms with van der Waals surface area (Å²) in [5.74, 6) is 1.81. The normalized spacial score (nSPS) is 23.3. The van der Waals surface area contributed by atoms with E-state index in [1.807, 2.05) is 18.2 Å². The number of hydrogen-bond donors (Lipinski definition) is 2. The number of β-amino-alcohol motifs (C(OH)–C–C–N with tert-alkyl or cyclic N) is 1. The van der Waals surface area contributed by atoms with Crippen LogP contribution in [0.1, 0.15) is 0 Å². The summed E-state index contributed by atoms with van der Waals surface area (Å²) in [6.45, 7) is 2.84. The van der Waals surface area contributed by atoms with Gasteiger partial charge in [0.1, 0.15) is 24.8 Å². The van der Waals surface area contributed by atoms with E-state index in [1.54, 1.807) is 36.4 Å². The number of rotatable bonds is 6. The van der Waals surface area contributed by atoms with Crippen LogP contribution in [-0.2, 0) is 4.74 Å². The van der Waals surface area contributed by atoms with Crippen LogP contribution in [0.4, 0.5) is 16.2 Å². The van der Waals surface area contributed by atoms with Crippen molar-refractivity contribution in [3.8, 4) is 17.4 Å². The lowest BCUT2D eigenvalue weighted by Crippen LogP contribution is -2.43. The van der Waals surface area contributed by atoms with Crippen molar-refractivity contribution in [2.45, 2.75) is 18.2 Å². The molecule has 188 valence electrons. The van der Waals surface area contributed by atoms with Gasteiger partial charge in [-0.25, -0.2) is 9.78 Å². The zero-order valence-corrected chi connectivity index (χ0v) is 19.8. The Morgan fingerprint density at radius 2 is 1.97 bits per heavy atom. The standard InChI is InChI=1S/C25H27N5O6/c1-33-23-5-3-17-24(28-23)19(6-7-26-17)29-13-18(20(31)14-29)27-11-16-12-30(25(32)36-16)15-2-4-21-22(10-15)35-9-8-34-21/h2-7,10,16,18,20,27,31H,8-9,11-14H2,1H3/t16-,18+,20+/m1/s1. The summed E-state index contributed by atoms with van der Waals surface area (Å²) in [6.07, 6.45) is 0.392. The van der Waals surface area contributed by atoms with E-state index in [-0.39, 0.29) is 12.1 Å². The number of carbonyl (C=O) groups excluding carboxylic acids is 1. The smallest absolute Gasteiger partial charge is 0.414 e. The van der Waals surface area contributed by atoms with Crippen LogP contribution in [0.25, 0.3) is 11.0 Å². The minimum Gasteiger partial charge on any atom is -0.486 e. The molecule has 11 nitrogen and oxygen atoms in total. The largest absolute Gasteiger partial charge is 0.486 e. The summed E-state index contributed by atoms with van der Waals surface area (Å²) in [4.78, 5) is 25.2. The fourth-order valence-electron chi connectivity index (χ4n) is 4.87. The van der Waals surface area contributed by atoms with Crippen molar-refractivity contribution < 1.29 is 28.8 Å². The highest BCUT2D eigenvalue weighted by molar-refractivity contribution is 5.90. The number of nitrogens with zero attached hydrogens (tertiary/aromatic N) is 4. The first kappa shape index (κ1) is 22.6. The molecule has 0 spiro atoms. The molecule has 5 heterocycles. The number of aliphatic hydroxyl groups excluding tert-OH is 1. The number of nitrogens with one attached hydrogen (secondary N) is 1. The summed E-state index contributed by atoms with van der Waals surface area (Å²) in [5, 5.41) is 14.1. The first-order chi connectivity index (χ1) is 17.6. The molecular formula is C25H27N5O6. The van der Waals surface area contributed by atoms with Crippen molar-refractivity contribution in [2.24, 2.45) is 0 Å². The number of carbonyl (C=O) groups is 1. The van der Waals surface area contributed by atoms with E-state index in [1.165, 1.54) is 0 Å². The van der Waals surface area contributed by atoms with Gasteiger partial charge in [0.05, 0.1) is 42.7 Å². The van der Waals surface area contributed by atoms with Gasteiger partial charge in [0.15, 0.2) is 11.5 Å². The Morgan fingerprint density at radius 1 is 1.11 bits per heavy atom. The second-order valence-corrected chi connectivity index (χ2v) is 8.98. The second kappa shape index (κ2) is 9.32. The third kappa shape index (κ3) is 4.20. The second-order valence-electron chi connectivity index (χ2n) is 8.98. The average Bonchev–Trinajstić information content (AvgIpc) is 3.47. The van der Waals surface area contributed by atoms with E-state index in [4.69, 9.17) is 18.9 Å². The van der Waals surface area contributed by atoms with Gasteiger partial charge in [0.2, 0.25) is 5.88 Å². The third-order valence-electron chi connectivity index (χ3n) is 6.70. The highest BCUT2D eigenvalue weighted by atomic mass is 16.6. The summed E-state index contributed by atoms with van der Waals surface area (Å²) in [5.41, 5.74) is 3.08. The van der Waals surface area contributed by atoms with Gasteiger partial charge in [0, 0.05) is 38.0 Å². The molecule has 0 saturated carbocycles. The first-order valence-electron chi connectivity index (χ1n) is 11.9. The van der Waals surface area contributed by atoms with Crippen LogP contribution in [-0.4, -0.2) is 85.9 Å². The molecular weight excluding hydrogens is 466 g/mol. The number of benzene rings is 1. The molecule has 1 amide bonds. The topological polar surface area (TPSA) is 119 Å². The number of fused-ring (bicyclic) bond motifs is 2. The van der Waals surface area contributed by atoms with Gasteiger partial charge in [-0.1, -0.05) is 0 Å². The number of pyridine rings is 2. The molecule has 2 aromatic heterocycles. The van der Waals surface area contributed by atoms with E-state index < -0.39 is 12.2 Å². The molecule has 2 saturated heterocycles. The average molecular weight is 494 g/mol. The van der Waals surface area contributed by atoms with Gasteiger partial charge >= 0.3 is 6.09 Å². The Hall–Kier alpha value is -3.83. The molecule has 0 radical (unpaired) electrons. The molecule has 1 aromatic carbocycles. The molecule has 11 heteroatoms. The van der Waals surface area contributed by atoms with Gasteiger partial charge in [-0.15, -0.1) is 0 Å². The van der Waals surface area contributed by atoms with E-state index in [9.17, 15) is 9.90 Å². The summed E-state index contributed by atoms with van der Waals surface area (Å²) in [7, 11) is 1.58. The molecule has 36 heavy (non-hydrogen) atoms. The number of methoxy groups -OCH3 is 1. The number of anilines is 2. The summed E-state index contributed by atoms with van der Waals surface area (Å²) < 4.78 is 22.1.